The standard InChI is InChI=1S/C13H19N5S/c1-8(2)13-15-10(14-4)7-11(16-13)19-12-6-9(3)17-18(12)5/h6-8H,1-5H3,(H,14,15,16). The van der Waals surface area contributed by atoms with E-state index in [-0.39, 0.29) is 0 Å². The maximum absolute atomic E-state index is 4.60. The van der Waals surface area contributed by atoms with Gasteiger partial charge in [-0.15, -0.1) is 0 Å². The first kappa shape index (κ1) is 13.9. The second kappa shape index (κ2) is 5.61. The highest BCUT2D eigenvalue weighted by atomic mass is 32.2. The third-order valence-electron chi connectivity index (χ3n) is 2.66. The molecule has 5 nitrogen and oxygen atoms in total. The van der Waals surface area contributed by atoms with Crippen LogP contribution < -0.4 is 5.32 Å². The third kappa shape index (κ3) is 3.26. The van der Waals surface area contributed by atoms with E-state index in [2.05, 4.69) is 40.3 Å². The molecule has 0 aliphatic heterocycles. The molecule has 0 aliphatic carbocycles. The molecule has 1 N–H and O–H groups in total. The molecule has 6 heteroatoms. The Morgan fingerprint density at radius 3 is 2.53 bits per heavy atom. The molecule has 2 aromatic heterocycles. The lowest BCUT2D eigenvalue weighted by atomic mass is 10.2. The molecule has 0 amide bonds. The van der Waals surface area contributed by atoms with Gasteiger partial charge in [-0.25, -0.2) is 9.97 Å². The molecule has 0 saturated heterocycles. The highest BCUT2D eigenvalue weighted by Crippen LogP contribution is 2.28. The van der Waals surface area contributed by atoms with Crippen molar-refractivity contribution in [2.24, 2.45) is 7.05 Å². The summed E-state index contributed by atoms with van der Waals surface area (Å²) >= 11 is 1.61. The predicted octanol–water partition coefficient (Wildman–Crippen LogP) is 2.83. The fourth-order valence-electron chi connectivity index (χ4n) is 1.67. The Balaban J connectivity index is 2.34. The molecule has 102 valence electrons. The van der Waals surface area contributed by atoms with Crippen LogP contribution in [0, 0.1) is 6.92 Å². The van der Waals surface area contributed by atoms with Crippen LogP contribution in [0.1, 0.15) is 31.3 Å². The molecule has 19 heavy (non-hydrogen) atoms. The predicted molar refractivity (Wildman–Crippen MR) is 77.7 cm³/mol. The van der Waals surface area contributed by atoms with Crippen molar-refractivity contribution < 1.29 is 0 Å². The molecule has 0 aromatic carbocycles. The summed E-state index contributed by atoms with van der Waals surface area (Å²) in [5.74, 6) is 2.01. The normalized spacial score (nSPS) is 11.1. The van der Waals surface area contributed by atoms with Gasteiger partial charge in [0, 0.05) is 26.1 Å². The molecule has 2 aromatic rings. The van der Waals surface area contributed by atoms with Gasteiger partial charge in [-0.05, 0) is 13.0 Å². The summed E-state index contributed by atoms with van der Waals surface area (Å²) in [7, 11) is 3.81. The molecule has 0 unspecified atom stereocenters. The number of aryl methyl sites for hydroxylation is 2. The second-order valence-electron chi connectivity index (χ2n) is 4.70. The van der Waals surface area contributed by atoms with E-state index in [1.54, 1.807) is 11.8 Å². The highest BCUT2D eigenvalue weighted by Gasteiger charge is 2.10. The topological polar surface area (TPSA) is 55.6 Å². The molecule has 0 atom stereocenters. The van der Waals surface area contributed by atoms with Crippen LogP contribution in [0.5, 0.6) is 0 Å². The van der Waals surface area contributed by atoms with Crippen LogP contribution in [0.3, 0.4) is 0 Å². The lowest BCUT2D eigenvalue weighted by Gasteiger charge is -2.09. The van der Waals surface area contributed by atoms with E-state index >= 15 is 0 Å². The second-order valence-corrected chi connectivity index (χ2v) is 5.74. The number of nitrogens with one attached hydrogen (secondary N) is 1. The number of hydrogen-bond acceptors (Lipinski definition) is 5. The number of nitrogens with zero attached hydrogens (tertiary/aromatic N) is 4. The summed E-state index contributed by atoms with van der Waals surface area (Å²) in [6.07, 6.45) is 0. The van der Waals surface area contributed by atoms with Gasteiger partial charge >= 0.3 is 0 Å². The number of anilines is 1. The Morgan fingerprint density at radius 2 is 2.00 bits per heavy atom. The Labute approximate surface area is 117 Å². The van der Waals surface area contributed by atoms with Crippen molar-refractivity contribution in [1.29, 1.82) is 0 Å². The number of hydrogen-bond donors (Lipinski definition) is 1. The molecular weight excluding hydrogens is 258 g/mol. The minimum Gasteiger partial charge on any atom is -0.373 e. The van der Waals surface area contributed by atoms with Gasteiger partial charge in [0.1, 0.15) is 21.7 Å². The number of aromatic nitrogens is 4. The molecular formula is C13H19N5S. The van der Waals surface area contributed by atoms with Crippen LogP contribution in [-0.2, 0) is 7.05 Å². The van der Waals surface area contributed by atoms with Crippen LogP contribution in [0.25, 0.3) is 0 Å². The van der Waals surface area contributed by atoms with Crippen molar-refractivity contribution in [2.75, 3.05) is 12.4 Å². The molecule has 0 bridgehead atoms. The van der Waals surface area contributed by atoms with Crippen LogP contribution in [0.2, 0.25) is 0 Å². The fourth-order valence-corrected chi connectivity index (χ4v) is 2.60. The van der Waals surface area contributed by atoms with Crippen molar-refractivity contribution >= 4 is 17.6 Å². The van der Waals surface area contributed by atoms with E-state index in [0.29, 0.717) is 5.92 Å². The van der Waals surface area contributed by atoms with Crippen LogP contribution in [0.15, 0.2) is 22.2 Å². The first-order chi connectivity index (χ1) is 8.99. The summed E-state index contributed by atoms with van der Waals surface area (Å²) in [5, 5.41) is 9.44. The molecule has 0 saturated carbocycles. The molecule has 2 heterocycles. The van der Waals surface area contributed by atoms with Gasteiger partial charge in [0.15, 0.2) is 0 Å². The summed E-state index contributed by atoms with van der Waals surface area (Å²) in [6.45, 7) is 6.18. The van der Waals surface area contributed by atoms with Gasteiger partial charge in [-0.1, -0.05) is 25.6 Å². The maximum atomic E-state index is 4.60. The van der Waals surface area contributed by atoms with Gasteiger partial charge < -0.3 is 5.32 Å². The zero-order chi connectivity index (χ0) is 14.0. The smallest absolute Gasteiger partial charge is 0.134 e. The molecule has 0 spiro atoms. The fraction of sp³-hybridized carbons (Fsp3) is 0.462. The van der Waals surface area contributed by atoms with Crippen LogP contribution >= 0.6 is 11.8 Å². The minimum atomic E-state index is 0.306. The van der Waals surface area contributed by atoms with Crippen molar-refractivity contribution in [2.45, 2.75) is 36.7 Å². The SMILES string of the molecule is CNc1cc(Sc2cc(C)nn2C)nc(C(C)C)n1. The average Bonchev–Trinajstić information content (AvgIpc) is 2.67. The van der Waals surface area contributed by atoms with E-state index in [9.17, 15) is 0 Å². The number of rotatable bonds is 4. The Bertz CT molecular complexity index is 576. The van der Waals surface area contributed by atoms with Crippen molar-refractivity contribution in [1.82, 2.24) is 19.7 Å². The lowest BCUT2D eigenvalue weighted by molar-refractivity contribution is 0.691. The summed E-state index contributed by atoms with van der Waals surface area (Å²) in [4.78, 5) is 9.06. The Kier molecular flexibility index (Phi) is 4.09. The van der Waals surface area contributed by atoms with Gasteiger partial charge in [0.2, 0.25) is 0 Å². The van der Waals surface area contributed by atoms with Gasteiger partial charge in [0.05, 0.1) is 5.69 Å². The van der Waals surface area contributed by atoms with E-state index in [4.69, 9.17) is 0 Å². The van der Waals surface area contributed by atoms with Crippen LogP contribution in [0.4, 0.5) is 5.82 Å². The summed E-state index contributed by atoms with van der Waals surface area (Å²) in [5.41, 5.74) is 1.01. The molecule has 0 fully saturated rings. The first-order valence-electron chi connectivity index (χ1n) is 6.25. The lowest BCUT2D eigenvalue weighted by Crippen LogP contribution is -2.03. The minimum absolute atomic E-state index is 0.306. The van der Waals surface area contributed by atoms with E-state index in [1.165, 1.54) is 0 Å². The van der Waals surface area contributed by atoms with Crippen molar-refractivity contribution in [3.05, 3.63) is 23.7 Å². The van der Waals surface area contributed by atoms with Gasteiger partial charge in [-0.3, -0.25) is 4.68 Å². The zero-order valence-electron chi connectivity index (χ0n) is 11.9. The maximum Gasteiger partial charge on any atom is 0.134 e. The van der Waals surface area contributed by atoms with Crippen molar-refractivity contribution in [3.63, 3.8) is 0 Å². The van der Waals surface area contributed by atoms with Gasteiger partial charge in [-0.2, -0.15) is 5.10 Å². The molecule has 0 radical (unpaired) electrons. The Morgan fingerprint density at radius 1 is 1.26 bits per heavy atom. The highest BCUT2D eigenvalue weighted by molar-refractivity contribution is 7.99. The first-order valence-corrected chi connectivity index (χ1v) is 7.06. The third-order valence-corrected chi connectivity index (χ3v) is 3.67. The van der Waals surface area contributed by atoms with Gasteiger partial charge in [0.25, 0.3) is 0 Å². The van der Waals surface area contributed by atoms with E-state index in [0.717, 1.165) is 27.4 Å². The monoisotopic (exact) mass is 277 g/mol. The zero-order valence-corrected chi connectivity index (χ0v) is 12.7. The van der Waals surface area contributed by atoms with Crippen LogP contribution in [-0.4, -0.2) is 26.8 Å². The Hall–Kier alpha value is -1.56. The summed E-state index contributed by atoms with van der Waals surface area (Å²) < 4.78 is 1.87. The summed E-state index contributed by atoms with van der Waals surface area (Å²) in [6, 6.07) is 4.01. The largest absolute Gasteiger partial charge is 0.373 e. The molecule has 0 aliphatic rings. The molecule has 2 rings (SSSR count). The van der Waals surface area contributed by atoms with Crippen molar-refractivity contribution in [3.8, 4) is 0 Å². The van der Waals surface area contributed by atoms with E-state index < -0.39 is 0 Å². The average molecular weight is 277 g/mol. The quantitative estimate of drug-likeness (QED) is 0.871. The van der Waals surface area contributed by atoms with E-state index in [1.807, 2.05) is 31.8 Å².